The molecule has 28 heavy (non-hydrogen) atoms. The second-order valence-corrected chi connectivity index (χ2v) is 7.95. The zero-order valence-electron chi connectivity index (χ0n) is 16.1. The van der Waals surface area contributed by atoms with E-state index in [1.54, 1.807) is 14.2 Å². The molecule has 1 unspecified atom stereocenters. The molecule has 1 heterocycles. The number of carbonyl (C=O) groups excluding carboxylic acids is 1. The molecular formula is C22H22N2O3S. The van der Waals surface area contributed by atoms with Crippen molar-refractivity contribution in [2.24, 2.45) is 0 Å². The third-order valence-electron chi connectivity index (χ3n) is 5.02. The Labute approximate surface area is 168 Å². The normalized spacial score (nSPS) is 15.2. The third kappa shape index (κ3) is 3.36. The highest BCUT2D eigenvalue weighted by Crippen LogP contribution is 2.39. The van der Waals surface area contributed by atoms with Gasteiger partial charge in [0.05, 0.1) is 31.0 Å². The quantitative estimate of drug-likeness (QED) is 0.689. The van der Waals surface area contributed by atoms with Crippen LogP contribution in [0.4, 0.5) is 0 Å². The predicted octanol–water partition coefficient (Wildman–Crippen LogP) is 4.55. The third-order valence-corrected chi connectivity index (χ3v) is 5.99. The number of amides is 1. The summed E-state index contributed by atoms with van der Waals surface area (Å²) in [6.45, 7) is 1.93. The molecule has 1 aliphatic carbocycles. The number of aryl methyl sites for hydroxylation is 2. The van der Waals surface area contributed by atoms with E-state index in [9.17, 15) is 4.79 Å². The van der Waals surface area contributed by atoms with Gasteiger partial charge in [0.2, 0.25) is 0 Å². The molecule has 6 heteroatoms. The van der Waals surface area contributed by atoms with Crippen LogP contribution in [-0.2, 0) is 6.42 Å². The average molecular weight is 394 g/mol. The lowest BCUT2D eigenvalue weighted by molar-refractivity contribution is 0.0941. The number of ether oxygens (including phenoxy) is 2. The molecule has 0 fully saturated rings. The van der Waals surface area contributed by atoms with Crippen LogP contribution in [0.25, 0.3) is 11.3 Å². The number of hydrogen-bond donors (Lipinski definition) is 1. The summed E-state index contributed by atoms with van der Waals surface area (Å²) in [6, 6.07) is 13.8. The van der Waals surface area contributed by atoms with Gasteiger partial charge in [0.1, 0.15) is 4.88 Å². The molecule has 0 bridgehead atoms. The lowest BCUT2D eigenvalue weighted by atomic mass is 10.1. The minimum atomic E-state index is -0.0860. The summed E-state index contributed by atoms with van der Waals surface area (Å²) in [4.78, 5) is 18.3. The first-order valence-corrected chi connectivity index (χ1v) is 10.0. The molecule has 1 aliphatic rings. The SMILES string of the molecule is COc1cc2c(cc1OC)C(NC(=O)c1sc(C)nc1-c1ccccc1)CC2. The molecule has 2 aromatic carbocycles. The lowest BCUT2D eigenvalue weighted by Crippen LogP contribution is -2.26. The van der Waals surface area contributed by atoms with Crippen LogP contribution in [0.2, 0.25) is 0 Å². The largest absolute Gasteiger partial charge is 0.493 e. The lowest BCUT2D eigenvalue weighted by Gasteiger charge is -2.16. The highest BCUT2D eigenvalue weighted by Gasteiger charge is 2.28. The maximum Gasteiger partial charge on any atom is 0.264 e. The Morgan fingerprint density at radius 2 is 1.86 bits per heavy atom. The molecule has 0 radical (unpaired) electrons. The first kappa shape index (κ1) is 18.5. The molecule has 0 saturated carbocycles. The number of thiazole rings is 1. The minimum Gasteiger partial charge on any atom is -0.493 e. The Kier molecular flexibility index (Phi) is 5.05. The fourth-order valence-corrected chi connectivity index (χ4v) is 4.52. The van der Waals surface area contributed by atoms with Crippen molar-refractivity contribution in [3.05, 3.63) is 63.5 Å². The second-order valence-electron chi connectivity index (χ2n) is 6.75. The number of nitrogens with zero attached hydrogens (tertiary/aromatic N) is 1. The van der Waals surface area contributed by atoms with Crippen LogP contribution >= 0.6 is 11.3 Å². The topological polar surface area (TPSA) is 60.5 Å². The van der Waals surface area contributed by atoms with Gasteiger partial charge in [-0.15, -0.1) is 11.3 Å². The Bertz CT molecular complexity index is 1010. The summed E-state index contributed by atoms with van der Waals surface area (Å²) in [7, 11) is 3.26. The molecule has 5 nitrogen and oxygen atoms in total. The van der Waals surface area contributed by atoms with Gasteiger partial charge in [0.25, 0.3) is 5.91 Å². The number of methoxy groups -OCH3 is 2. The molecular weight excluding hydrogens is 372 g/mol. The smallest absolute Gasteiger partial charge is 0.264 e. The van der Waals surface area contributed by atoms with Crippen LogP contribution in [0, 0.1) is 6.92 Å². The molecule has 0 aliphatic heterocycles. The van der Waals surface area contributed by atoms with E-state index < -0.39 is 0 Å². The van der Waals surface area contributed by atoms with Crippen molar-refractivity contribution in [3.8, 4) is 22.8 Å². The molecule has 1 amide bonds. The van der Waals surface area contributed by atoms with Gasteiger partial charge in [-0.2, -0.15) is 0 Å². The molecule has 1 atom stereocenters. The maximum absolute atomic E-state index is 13.1. The summed E-state index contributed by atoms with van der Waals surface area (Å²) >= 11 is 1.43. The molecule has 3 aromatic rings. The Hall–Kier alpha value is -2.86. The number of fused-ring (bicyclic) bond motifs is 1. The Morgan fingerprint density at radius 1 is 1.14 bits per heavy atom. The number of hydrogen-bond acceptors (Lipinski definition) is 5. The standard InChI is InChI=1S/C22H22N2O3S/c1-13-23-20(14-7-5-4-6-8-14)21(28-13)22(25)24-17-10-9-15-11-18(26-2)19(27-3)12-16(15)17/h4-8,11-12,17H,9-10H2,1-3H3,(H,24,25). The molecule has 1 aromatic heterocycles. The minimum absolute atomic E-state index is 0.0478. The molecule has 0 saturated heterocycles. The van der Waals surface area contributed by atoms with Gasteiger partial charge >= 0.3 is 0 Å². The van der Waals surface area contributed by atoms with Crippen molar-refractivity contribution in [1.82, 2.24) is 10.3 Å². The fourth-order valence-electron chi connectivity index (χ4n) is 3.68. The summed E-state index contributed by atoms with van der Waals surface area (Å²) < 4.78 is 10.8. The summed E-state index contributed by atoms with van der Waals surface area (Å²) in [6.07, 6.45) is 1.75. The summed E-state index contributed by atoms with van der Waals surface area (Å²) in [5.41, 5.74) is 3.97. The van der Waals surface area contributed by atoms with E-state index in [0.29, 0.717) is 10.6 Å². The summed E-state index contributed by atoms with van der Waals surface area (Å²) in [5, 5.41) is 4.08. The van der Waals surface area contributed by atoms with Crippen molar-refractivity contribution >= 4 is 17.2 Å². The van der Waals surface area contributed by atoms with Crippen LogP contribution in [-0.4, -0.2) is 25.1 Å². The van der Waals surface area contributed by atoms with Crippen LogP contribution in [0.3, 0.4) is 0 Å². The molecule has 4 rings (SSSR count). The van der Waals surface area contributed by atoms with Crippen LogP contribution in [0.15, 0.2) is 42.5 Å². The van der Waals surface area contributed by atoms with Crippen LogP contribution in [0.5, 0.6) is 11.5 Å². The van der Waals surface area contributed by atoms with Crippen molar-refractivity contribution in [2.45, 2.75) is 25.8 Å². The van der Waals surface area contributed by atoms with Crippen molar-refractivity contribution < 1.29 is 14.3 Å². The number of aromatic nitrogens is 1. The first-order valence-electron chi connectivity index (χ1n) is 9.19. The number of benzene rings is 2. The second kappa shape index (κ2) is 7.64. The van der Waals surface area contributed by atoms with E-state index in [1.807, 2.05) is 49.4 Å². The van der Waals surface area contributed by atoms with Gasteiger partial charge in [-0.05, 0) is 43.0 Å². The predicted molar refractivity (Wildman–Crippen MR) is 110 cm³/mol. The molecule has 0 spiro atoms. The van der Waals surface area contributed by atoms with E-state index in [4.69, 9.17) is 9.47 Å². The van der Waals surface area contributed by atoms with Gasteiger partial charge in [-0.3, -0.25) is 4.79 Å². The van der Waals surface area contributed by atoms with E-state index >= 15 is 0 Å². The van der Waals surface area contributed by atoms with Gasteiger partial charge in [-0.1, -0.05) is 30.3 Å². The zero-order chi connectivity index (χ0) is 19.7. The van der Waals surface area contributed by atoms with Crippen molar-refractivity contribution in [1.29, 1.82) is 0 Å². The fraction of sp³-hybridized carbons (Fsp3) is 0.273. The van der Waals surface area contributed by atoms with E-state index in [-0.39, 0.29) is 11.9 Å². The van der Waals surface area contributed by atoms with Gasteiger partial charge in [-0.25, -0.2) is 4.98 Å². The van der Waals surface area contributed by atoms with Gasteiger partial charge in [0, 0.05) is 5.56 Å². The number of nitrogens with one attached hydrogen (secondary N) is 1. The molecule has 1 N–H and O–H groups in total. The van der Waals surface area contributed by atoms with Gasteiger partial charge < -0.3 is 14.8 Å². The highest BCUT2D eigenvalue weighted by atomic mass is 32.1. The van der Waals surface area contributed by atoms with Gasteiger partial charge in [0.15, 0.2) is 11.5 Å². The summed E-state index contributed by atoms with van der Waals surface area (Å²) in [5.74, 6) is 1.32. The maximum atomic E-state index is 13.1. The van der Waals surface area contributed by atoms with Crippen LogP contribution in [0.1, 0.15) is 38.3 Å². The monoisotopic (exact) mass is 394 g/mol. The Balaban J connectivity index is 1.62. The number of carbonyl (C=O) groups is 1. The molecule has 144 valence electrons. The highest BCUT2D eigenvalue weighted by molar-refractivity contribution is 7.14. The van der Waals surface area contributed by atoms with Crippen LogP contribution < -0.4 is 14.8 Å². The van der Waals surface area contributed by atoms with E-state index in [0.717, 1.165) is 40.4 Å². The van der Waals surface area contributed by atoms with Crippen molar-refractivity contribution in [2.75, 3.05) is 14.2 Å². The average Bonchev–Trinajstić information content (AvgIpc) is 3.30. The Morgan fingerprint density at radius 3 is 2.57 bits per heavy atom. The van der Waals surface area contributed by atoms with Crippen molar-refractivity contribution in [3.63, 3.8) is 0 Å². The first-order chi connectivity index (χ1) is 13.6. The van der Waals surface area contributed by atoms with E-state index in [1.165, 1.54) is 16.9 Å². The zero-order valence-corrected chi connectivity index (χ0v) is 16.9. The van der Waals surface area contributed by atoms with E-state index in [2.05, 4.69) is 10.3 Å². The number of rotatable bonds is 5.